The quantitative estimate of drug-likeness (QED) is 0.584. The van der Waals surface area contributed by atoms with Crippen molar-refractivity contribution in [1.29, 1.82) is 0 Å². The summed E-state index contributed by atoms with van der Waals surface area (Å²) >= 11 is 0. The highest BCUT2D eigenvalue weighted by Crippen LogP contribution is 2.21. The fourth-order valence-electron chi connectivity index (χ4n) is 2.91. The molecule has 0 unspecified atom stereocenters. The number of amides is 1. The molecule has 8 heteroatoms. The molecule has 158 valence electrons. The van der Waals surface area contributed by atoms with E-state index in [9.17, 15) is 13.2 Å². The Morgan fingerprint density at radius 1 is 1.10 bits per heavy atom. The van der Waals surface area contributed by atoms with Crippen molar-refractivity contribution in [2.45, 2.75) is 25.3 Å². The van der Waals surface area contributed by atoms with Crippen LogP contribution < -0.4 is 9.46 Å². The number of hydrogen-bond acceptors (Lipinski definition) is 5. The zero-order valence-corrected chi connectivity index (χ0v) is 17.9. The van der Waals surface area contributed by atoms with Gasteiger partial charge in [0.2, 0.25) is 0 Å². The Bertz CT molecular complexity index is 1120. The molecule has 1 heterocycles. The van der Waals surface area contributed by atoms with E-state index in [0.29, 0.717) is 35.9 Å². The lowest BCUT2D eigenvalue weighted by atomic mass is 10.2. The van der Waals surface area contributed by atoms with Gasteiger partial charge in [-0.2, -0.15) is 0 Å². The first-order valence-electron chi connectivity index (χ1n) is 9.45. The van der Waals surface area contributed by atoms with Gasteiger partial charge in [-0.15, -0.1) is 0 Å². The number of rotatable bonds is 8. The van der Waals surface area contributed by atoms with Gasteiger partial charge in [-0.05, 0) is 68.4 Å². The highest BCUT2D eigenvalue weighted by atomic mass is 32.2. The summed E-state index contributed by atoms with van der Waals surface area (Å²) in [6.07, 6.45) is 0. The van der Waals surface area contributed by atoms with Crippen LogP contribution in [0.15, 0.2) is 70.0 Å². The number of nitrogens with zero attached hydrogens (tertiary/aromatic N) is 1. The Kier molecular flexibility index (Phi) is 6.47. The number of benzene rings is 2. The molecule has 0 aliphatic rings. The fraction of sp³-hybridized carbons (Fsp3) is 0.227. The third kappa shape index (κ3) is 5.21. The maximum absolute atomic E-state index is 12.7. The van der Waals surface area contributed by atoms with Crippen LogP contribution in [0.3, 0.4) is 0 Å². The summed E-state index contributed by atoms with van der Waals surface area (Å²) in [7, 11) is -2.14. The van der Waals surface area contributed by atoms with Gasteiger partial charge in [0.1, 0.15) is 17.3 Å². The number of anilines is 1. The van der Waals surface area contributed by atoms with Gasteiger partial charge in [0.25, 0.3) is 15.9 Å². The van der Waals surface area contributed by atoms with Crippen molar-refractivity contribution >= 4 is 21.6 Å². The first-order chi connectivity index (χ1) is 14.3. The van der Waals surface area contributed by atoms with Crippen LogP contribution in [0, 0.1) is 6.92 Å². The number of carbonyl (C=O) groups excluding carboxylic acids is 1. The average Bonchev–Trinajstić information content (AvgIpc) is 3.12. The molecular formula is C22H24N2O5S. The van der Waals surface area contributed by atoms with Crippen molar-refractivity contribution in [1.82, 2.24) is 4.90 Å². The lowest BCUT2D eigenvalue weighted by Crippen LogP contribution is -2.26. The molecule has 0 aliphatic heterocycles. The van der Waals surface area contributed by atoms with Gasteiger partial charge in [-0.3, -0.25) is 9.52 Å². The zero-order valence-electron chi connectivity index (χ0n) is 17.1. The van der Waals surface area contributed by atoms with Gasteiger partial charge in [0, 0.05) is 18.3 Å². The van der Waals surface area contributed by atoms with E-state index in [1.807, 2.05) is 26.0 Å². The van der Waals surface area contributed by atoms with Gasteiger partial charge in [-0.1, -0.05) is 6.07 Å². The second kappa shape index (κ2) is 9.04. The van der Waals surface area contributed by atoms with Gasteiger partial charge in [0.15, 0.2) is 0 Å². The Morgan fingerprint density at radius 3 is 2.47 bits per heavy atom. The Labute approximate surface area is 176 Å². The van der Waals surface area contributed by atoms with E-state index in [1.165, 1.54) is 23.1 Å². The zero-order chi connectivity index (χ0) is 21.7. The molecule has 0 saturated carbocycles. The smallest absolute Gasteiger partial charge is 0.261 e. The van der Waals surface area contributed by atoms with Crippen LogP contribution >= 0.6 is 0 Å². The highest BCUT2D eigenvalue weighted by molar-refractivity contribution is 7.92. The molecule has 30 heavy (non-hydrogen) atoms. The molecule has 0 saturated heterocycles. The van der Waals surface area contributed by atoms with E-state index >= 15 is 0 Å². The number of aryl methyl sites for hydroxylation is 1. The molecule has 1 amide bonds. The lowest BCUT2D eigenvalue weighted by molar-refractivity contribution is 0.0775. The van der Waals surface area contributed by atoms with Crippen LogP contribution in [-0.4, -0.2) is 32.9 Å². The molecule has 0 aliphatic carbocycles. The molecule has 0 radical (unpaired) electrons. The largest absolute Gasteiger partial charge is 0.494 e. The molecule has 3 rings (SSSR count). The monoisotopic (exact) mass is 428 g/mol. The van der Waals surface area contributed by atoms with Crippen LogP contribution in [-0.2, 0) is 16.6 Å². The van der Waals surface area contributed by atoms with Crippen LogP contribution in [0.4, 0.5) is 5.69 Å². The third-order valence-corrected chi connectivity index (χ3v) is 5.74. The average molecular weight is 429 g/mol. The minimum Gasteiger partial charge on any atom is -0.494 e. The lowest BCUT2D eigenvalue weighted by Gasteiger charge is -2.16. The number of sulfonamides is 1. The summed E-state index contributed by atoms with van der Waals surface area (Å²) in [5, 5.41) is 0. The van der Waals surface area contributed by atoms with E-state index in [1.54, 1.807) is 37.4 Å². The molecule has 1 aromatic heterocycles. The summed E-state index contributed by atoms with van der Waals surface area (Å²) in [4.78, 5) is 14.4. The first kappa shape index (κ1) is 21.4. The molecule has 3 aromatic rings. The second-order valence-electron chi connectivity index (χ2n) is 6.76. The molecule has 7 nitrogen and oxygen atoms in total. The molecule has 0 fully saturated rings. The third-order valence-electron chi connectivity index (χ3n) is 4.34. The summed E-state index contributed by atoms with van der Waals surface area (Å²) in [5.74, 6) is 1.80. The predicted octanol–water partition coefficient (Wildman–Crippen LogP) is 4.06. The first-order valence-corrected chi connectivity index (χ1v) is 10.9. The minimum absolute atomic E-state index is 0.105. The van der Waals surface area contributed by atoms with E-state index in [0.717, 1.165) is 5.76 Å². The molecule has 2 aromatic carbocycles. The Hall–Kier alpha value is -3.26. The van der Waals surface area contributed by atoms with Gasteiger partial charge in [0.05, 0.1) is 18.0 Å². The Morgan fingerprint density at radius 2 is 1.83 bits per heavy atom. The highest BCUT2D eigenvalue weighted by Gasteiger charge is 2.17. The van der Waals surface area contributed by atoms with Crippen molar-refractivity contribution in [3.8, 4) is 5.75 Å². The van der Waals surface area contributed by atoms with E-state index < -0.39 is 10.0 Å². The van der Waals surface area contributed by atoms with Gasteiger partial charge < -0.3 is 14.1 Å². The van der Waals surface area contributed by atoms with Crippen molar-refractivity contribution in [2.75, 3.05) is 18.4 Å². The fourth-order valence-corrected chi connectivity index (χ4v) is 3.96. The molecule has 0 atom stereocenters. The van der Waals surface area contributed by atoms with Crippen molar-refractivity contribution in [3.63, 3.8) is 0 Å². The maximum Gasteiger partial charge on any atom is 0.261 e. The van der Waals surface area contributed by atoms with Gasteiger partial charge in [-0.25, -0.2) is 8.42 Å². The standard InChI is InChI=1S/C22H24N2O5S/c1-4-28-19-10-12-21(13-11-19)30(26,27)23-18-7-5-6-17(14-18)22(25)24(3)15-20-9-8-16(2)29-20/h5-14,23H,4,15H2,1-3H3. The predicted molar refractivity (Wildman–Crippen MR) is 114 cm³/mol. The number of ether oxygens (including phenoxy) is 1. The number of carbonyl (C=O) groups is 1. The maximum atomic E-state index is 12.7. The van der Waals surface area contributed by atoms with Crippen molar-refractivity contribution in [3.05, 3.63) is 77.7 Å². The van der Waals surface area contributed by atoms with Crippen LogP contribution in [0.25, 0.3) is 0 Å². The number of hydrogen-bond donors (Lipinski definition) is 1. The molecule has 1 N–H and O–H groups in total. The van der Waals surface area contributed by atoms with E-state index in [4.69, 9.17) is 9.15 Å². The minimum atomic E-state index is -3.80. The van der Waals surface area contributed by atoms with Gasteiger partial charge >= 0.3 is 0 Å². The van der Waals surface area contributed by atoms with E-state index in [2.05, 4.69) is 4.72 Å². The Balaban J connectivity index is 1.73. The molecule has 0 bridgehead atoms. The summed E-state index contributed by atoms with van der Waals surface area (Å²) in [6.45, 7) is 4.51. The summed E-state index contributed by atoms with van der Waals surface area (Å²) < 4.78 is 38.7. The summed E-state index contributed by atoms with van der Waals surface area (Å²) in [5.41, 5.74) is 0.671. The number of nitrogens with one attached hydrogen (secondary N) is 1. The SMILES string of the molecule is CCOc1ccc(S(=O)(=O)Nc2cccc(C(=O)N(C)Cc3ccc(C)o3)c2)cc1. The molecular weight excluding hydrogens is 404 g/mol. The topological polar surface area (TPSA) is 88.8 Å². The summed E-state index contributed by atoms with van der Waals surface area (Å²) in [6, 6.07) is 16.2. The van der Waals surface area contributed by atoms with Crippen LogP contribution in [0.5, 0.6) is 5.75 Å². The van der Waals surface area contributed by atoms with Crippen LogP contribution in [0.1, 0.15) is 28.8 Å². The molecule has 0 spiro atoms. The van der Waals surface area contributed by atoms with Crippen LogP contribution in [0.2, 0.25) is 0 Å². The van der Waals surface area contributed by atoms with E-state index in [-0.39, 0.29) is 10.8 Å². The normalized spacial score (nSPS) is 11.2. The second-order valence-corrected chi connectivity index (χ2v) is 8.45. The van der Waals surface area contributed by atoms with Crippen molar-refractivity contribution < 1.29 is 22.4 Å². The number of furan rings is 1. The van der Waals surface area contributed by atoms with Crippen molar-refractivity contribution in [2.24, 2.45) is 0 Å².